The normalized spacial score (nSPS) is 11.2. The van der Waals surface area contributed by atoms with Gasteiger partial charge in [0.25, 0.3) is 0 Å². The molecular formula is C10H18O5. The van der Waals surface area contributed by atoms with E-state index in [9.17, 15) is 4.79 Å². The van der Waals surface area contributed by atoms with E-state index >= 15 is 0 Å². The molecule has 0 amide bonds. The van der Waals surface area contributed by atoms with Gasteiger partial charge in [-0.15, -0.1) is 0 Å². The van der Waals surface area contributed by atoms with E-state index in [0.717, 1.165) is 0 Å². The molecule has 1 N–H and O–H groups in total. The molecule has 88 valence electrons. The van der Waals surface area contributed by atoms with E-state index in [1.165, 1.54) is 6.92 Å². The second-order valence-electron chi connectivity index (χ2n) is 2.88. The molecule has 0 unspecified atom stereocenters. The summed E-state index contributed by atoms with van der Waals surface area (Å²) in [6, 6.07) is 0. The van der Waals surface area contributed by atoms with Crippen LogP contribution in [-0.4, -0.2) is 36.9 Å². The average molecular weight is 218 g/mol. The van der Waals surface area contributed by atoms with E-state index in [1.54, 1.807) is 13.8 Å². The van der Waals surface area contributed by atoms with Crippen molar-refractivity contribution in [3.05, 3.63) is 12.2 Å². The molecule has 0 aromatic heterocycles. The minimum atomic E-state index is -1.71. The first kappa shape index (κ1) is 14.1. The Labute approximate surface area is 89.6 Å². The Morgan fingerprint density at radius 2 is 1.80 bits per heavy atom. The van der Waals surface area contributed by atoms with Crippen molar-refractivity contribution in [1.29, 1.82) is 0 Å². The van der Waals surface area contributed by atoms with Gasteiger partial charge in [0.15, 0.2) is 0 Å². The van der Waals surface area contributed by atoms with Crippen molar-refractivity contribution in [2.75, 3.05) is 19.8 Å². The fourth-order valence-electron chi connectivity index (χ4n) is 0.892. The Hall–Kier alpha value is -0.910. The van der Waals surface area contributed by atoms with Crippen molar-refractivity contribution in [2.45, 2.75) is 26.7 Å². The van der Waals surface area contributed by atoms with Gasteiger partial charge < -0.3 is 19.3 Å². The highest BCUT2D eigenvalue weighted by molar-refractivity contribution is 5.87. The largest absolute Gasteiger partial charge is 0.402 e. The van der Waals surface area contributed by atoms with Crippen molar-refractivity contribution in [3.63, 3.8) is 0 Å². The van der Waals surface area contributed by atoms with E-state index in [0.29, 0.717) is 0 Å². The lowest BCUT2D eigenvalue weighted by molar-refractivity contribution is -0.370. The minimum Gasteiger partial charge on any atom is -0.402 e. The molecule has 0 bridgehead atoms. The third kappa shape index (κ3) is 4.42. The van der Waals surface area contributed by atoms with Crippen molar-refractivity contribution in [1.82, 2.24) is 0 Å². The third-order valence-corrected chi connectivity index (χ3v) is 1.52. The first-order chi connectivity index (χ1) is 7.01. The van der Waals surface area contributed by atoms with Gasteiger partial charge in [-0.3, -0.25) is 0 Å². The van der Waals surface area contributed by atoms with E-state index in [-0.39, 0.29) is 18.8 Å². The van der Waals surface area contributed by atoms with Gasteiger partial charge in [0, 0.05) is 5.57 Å². The maximum absolute atomic E-state index is 11.3. The van der Waals surface area contributed by atoms with Gasteiger partial charge >= 0.3 is 11.9 Å². The molecule has 0 spiro atoms. The Balaban J connectivity index is 4.59. The summed E-state index contributed by atoms with van der Waals surface area (Å²) in [5.41, 5.74) is 0.215. The van der Waals surface area contributed by atoms with Gasteiger partial charge in [-0.05, 0) is 20.8 Å². The first-order valence-electron chi connectivity index (χ1n) is 4.79. The summed E-state index contributed by atoms with van der Waals surface area (Å²) in [7, 11) is 0. The number of hydrogen-bond donors (Lipinski definition) is 1. The maximum Gasteiger partial charge on any atom is 0.353 e. The molecule has 15 heavy (non-hydrogen) atoms. The van der Waals surface area contributed by atoms with Gasteiger partial charge in [0.1, 0.15) is 6.61 Å². The molecular weight excluding hydrogens is 200 g/mol. The molecule has 0 radical (unpaired) electrons. The highest BCUT2D eigenvalue weighted by Crippen LogP contribution is 2.16. The number of hydrogen-bond acceptors (Lipinski definition) is 5. The van der Waals surface area contributed by atoms with Crippen molar-refractivity contribution in [3.8, 4) is 0 Å². The lowest BCUT2D eigenvalue weighted by Gasteiger charge is -2.29. The zero-order valence-electron chi connectivity index (χ0n) is 9.41. The highest BCUT2D eigenvalue weighted by Gasteiger charge is 2.36. The fraction of sp³-hybridized carbons (Fsp3) is 0.700. The number of aliphatic hydroxyl groups is 1. The molecule has 0 rings (SSSR count). The maximum atomic E-state index is 11.3. The topological polar surface area (TPSA) is 65.0 Å². The van der Waals surface area contributed by atoms with Crippen LogP contribution in [-0.2, 0) is 19.0 Å². The molecule has 5 nitrogen and oxygen atoms in total. The van der Waals surface area contributed by atoms with Crippen LogP contribution in [0.4, 0.5) is 0 Å². The summed E-state index contributed by atoms with van der Waals surface area (Å²) < 4.78 is 15.1. The van der Waals surface area contributed by atoms with Gasteiger partial charge in [-0.1, -0.05) is 6.58 Å². The number of aliphatic hydroxyl groups excluding tert-OH is 1. The fourth-order valence-corrected chi connectivity index (χ4v) is 0.892. The summed E-state index contributed by atoms with van der Waals surface area (Å²) in [4.78, 5) is 11.3. The Morgan fingerprint density at radius 3 is 2.07 bits per heavy atom. The van der Waals surface area contributed by atoms with Gasteiger partial charge in [-0.25, -0.2) is 4.79 Å². The van der Waals surface area contributed by atoms with Crippen LogP contribution in [0.2, 0.25) is 0 Å². The molecule has 0 aromatic carbocycles. The zero-order chi connectivity index (χ0) is 11.9. The number of rotatable bonds is 7. The number of carbonyl (C=O) groups excluding carboxylic acids is 1. The van der Waals surface area contributed by atoms with E-state index in [2.05, 4.69) is 6.58 Å². The summed E-state index contributed by atoms with van der Waals surface area (Å²) in [5, 5.41) is 9.11. The molecule has 0 saturated heterocycles. The summed E-state index contributed by atoms with van der Waals surface area (Å²) in [6.45, 7) is 8.29. The number of ether oxygens (including phenoxy) is 3. The third-order valence-electron chi connectivity index (χ3n) is 1.52. The van der Waals surface area contributed by atoms with Gasteiger partial charge in [0.05, 0.1) is 13.2 Å². The van der Waals surface area contributed by atoms with Crippen LogP contribution < -0.4 is 0 Å². The molecule has 0 heterocycles. The number of carbonyl (C=O) groups is 1. The van der Waals surface area contributed by atoms with Crippen LogP contribution in [0.1, 0.15) is 20.8 Å². The monoisotopic (exact) mass is 218 g/mol. The van der Waals surface area contributed by atoms with Crippen LogP contribution in [0.25, 0.3) is 0 Å². The molecule has 0 aliphatic rings. The summed E-state index contributed by atoms with van der Waals surface area (Å²) in [5.74, 6) is -2.37. The van der Waals surface area contributed by atoms with E-state index in [4.69, 9.17) is 19.3 Å². The Bertz CT molecular complexity index is 218. The molecule has 0 atom stereocenters. The smallest absolute Gasteiger partial charge is 0.353 e. The quantitative estimate of drug-likeness (QED) is 0.389. The predicted molar refractivity (Wildman–Crippen MR) is 54.0 cm³/mol. The van der Waals surface area contributed by atoms with Crippen molar-refractivity contribution < 1.29 is 24.1 Å². The van der Waals surface area contributed by atoms with Crippen LogP contribution in [0.5, 0.6) is 0 Å². The van der Waals surface area contributed by atoms with Crippen molar-refractivity contribution in [2.24, 2.45) is 0 Å². The predicted octanol–water partition coefficient (Wildman–Crippen LogP) is 0.825. The standard InChI is InChI=1S/C10H18O5/c1-5-13-10(7-11,14-6-2)15-9(12)8(3)4/h11H,3,5-7H2,1-2,4H3. The molecule has 0 aromatic rings. The number of esters is 1. The molecule has 0 aliphatic heterocycles. The Morgan fingerprint density at radius 1 is 1.33 bits per heavy atom. The van der Waals surface area contributed by atoms with E-state index < -0.39 is 18.5 Å². The second kappa shape index (κ2) is 6.55. The lowest BCUT2D eigenvalue weighted by Crippen LogP contribution is -2.44. The first-order valence-corrected chi connectivity index (χ1v) is 4.79. The van der Waals surface area contributed by atoms with Crippen molar-refractivity contribution >= 4 is 5.97 Å². The molecule has 0 saturated carbocycles. The summed E-state index contributed by atoms with van der Waals surface area (Å²) in [6.07, 6.45) is 0. The zero-order valence-corrected chi connectivity index (χ0v) is 9.41. The van der Waals surface area contributed by atoms with Crippen LogP contribution >= 0.6 is 0 Å². The van der Waals surface area contributed by atoms with Crippen LogP contribution in [0.3, 0.4) is 0 Å². The van der Waals surface area contributed by atoms with Crippen LogP contribution in [0.15, 0.2) is 12.2 Å². The SMILES string of the molecule is C=C(C)C(=O)OC(CO)(OCC)OCC. The molecule has 0 aliphatic carbocycles. The summed E-state index contributed by atoms with van der Waals surface area (Å²) >= 11 is 0. The Kier molecular flexibility index (Phi) is 6.15. The lowest BCUT2D eigenvalue weighted by atomic mass is 10.3. The second-order valence-corrected chi connectivity index (χ2v) is 2.88. The van der Waals surface area contributed by atoms with E-state index in [1.807, 2.05) is 0 Å². The molecule has 5 heteroatoms. The molecule has 0 fully saturated rings. The highest BCUT2D eigenvalue weighted by atomic mass is 16.9. The average Bonchev–Trinajstić information content (AvgIpc) is 2.18. The van der Waals surface area contributed by atoms with Gasteiger partial charge in [0.2, 0.25) is 0 Å². The van der Waals surface area contributed by atoms with Crippen LogP contribution in [0, 0.1) is 0 Å². The van der Waals surface area contributed by atoms with Gasteiger partial charge in [-0.2, -0.15) is 0 Å². The minimum absolute atomic E-state index is 0.215.